The first-order valence-corrected chi connectivity index (χ1v) is 4.84. The second kappa shape index (κ2) is 3.67. The Kier molecular flexibility index (Phi) is 2.49. The van der Waals surface area contributed by atoms with Crippen LogP contribution in [0.3, 0.4) is 0 Å². The van der Waals surface area contributed by atoms with Crippen LogP contribution in [0.1, 0.15) is 0 Å². The van der Waals surface area contributed by atoms with E-state index in [1.165, 1.54) is 22.8 Å². The van der Waals surface area contributed by atoms with Gasteiger partial charge in [0.25, 0.3) is 0 Å². The maximum atomic E-state index is 9.60. The van der Waals surface area contributed by atoms with Crippen molar-refractivity contribution in [2.24, 2.45) is 0 Å². The first kappa shape index (κ1) is 10.2. The van der Waals surface area contributed by atoms with Gasteiger partial charge in [-0.1, -0.05) is 0 Å². The molecule has 0 aliphatic heterocycles. The Morgan fingerprint density at radius 2 is 1.67 bits per heavy atom. The highest BCUT2D eigenvalue weighted by Crippen LogP contribution is 2.29. The van der Waals surface area contributed by atoms with Crippen molar-refractivity contribution in [1.29, 1.82) is 0 Å². The van der Waals surface area contributed by atoms with Gasteiger partial charge in [-0.25, -0.2) is 0 Å². The third-order valence-electron chi connectivity index (χ3n) is 1.83. The molecule has 1 aromatic carbocycles. The number of aromatic nitrogens is 3. The summed E-state index contributed by atoms with van der Waals surface area (Å²) in [6.07, 6.45) is 0. The fourth-order valence-corrected chi connectivity index (χ4v) is 1.75. The second-order valence-corrected chi connectivity index (χ2v) is 3.61. The van der Waals surface area contributed by atoms with Crippen molar-refractivity contribution >= 4 is 25.3 Å². The summed E-state index contributed by atoms with van der Waals surface area (Å²) in [5.74, 6) is 0.00941. The van der Waals surface area contributed by atoms with Gasteiger partial charge < -0.3 is 10.2 Å². The minimum atomic E-state index is -0.0156. The number of benzene rings is 1. The summed E-state index contributed by atoms with van der Waals surface area (Å²) in [5, 5.41) is 26.8. The van der Waals surface area contributed by atoms with Crippen molar-refractivity contribution < 1.29 is 10.2 Å². The second-order valence-electron chi connectivity index (χ2n) is 2.81. The van der Waals surface area contributed by atoms with E-state index in [1.54, 1.807) is 0 Å². The Morgan fingerprint density at radius 1 is 1.07 bits per heavy atom. The Morgan fingerprint density at radius 3 is 2.27 bits per heavy atom. The van der Waals surface area contributed by atoms with Crippen LogP contribution in [0.5, 0.6) is 11.5 Å². The zero-order chi connectivity index (χ0) is 11.0. The summed E-state index contributed by atoms with van der Waals surface area (Å²) in [6.45, 7) is 0. The van der Waals surface area contributed by atoms with E-state index in [2.05, 4.69) is 35.5 Å². The van der Waals surface area contributed by atoms with Gasteiger partial charge in [-0.15, -0.1) is 35.5 Å². The smallest absolute Gasteiger partial charge is 0.193 e. The van der Waals surface area contributed by atoms with Gasteiger partial charge in [0, 0.05) is 6.07 Å². The summed E-state index contributed by atoms with van der Waals surface area (Å²) >= 11 is 8.12. The zero-order valence-electron chi connectivity index (χ0n) is 7.36. The molecule has 1 aromatic heterocycles. The number of hydrogen-bond acceptors (Lipinski definition) is 6. The van der Waals surface area contributed by atoms with Crippen molar-refractivity contribution in [3.63, 3.8) is 0 Å². The van der Waals surface area contributed by atoms with Gasteiger partial charge in [0.1, 0.15) is 11.5 Å². The van der Waals surface area contributed by atoms with Crippen LogP contribution < -0.4 is 0 Å². The van der Waals surface area contributed by atoms with Crippen LogP contribution in [-0.4, -0.2) is 25.0 Å². The molecule has 5 nitrogen and oxygen atoms in total. The van der Waals surface area contributed by atoms with Gasteiger partial charge in [0.15, 0.2) is 10.3 Å². The van der Waals surface area contributed by atoms with E-state index in [-0.39, 0.29) is 21.8 Å². The minimum absolute atomic E-state index is 0.0156. The predicted octanol–water partition coefficient (Wildman–Crippen LogP) is 1.26. The van der Waals surface area contributed by atoms with E-state index < -0.39 is 0 Å². The quantitative estimate of drug-likeness (QED) is 0.448. The highest BCUT2D eigenvalue weighted by molar-refractivity contribution is 7.80. The van der Waals surface area contributed by atoms with Crippen LogP contribution in [0, 0.1) is 0 Å². The molecule has 0 radical (unpaired) electrons. The van der Waals surface area contributed by atoms with Crippen molar-refractivity contribution in [2.75, 3.05) is 0 Å². The maximum absolute atomic E-state index is 9.60. The lowest BCUT2D eigenvalue weighted by Gasteiger charge is -2.07. The first-order chi connectivity index (χ1) is 7.09. The standard InChI is InChI=1S/C8H7N3O2S2/c12-4-1-2-6(13)5(3-4)11-7(14)9-10-8(11)15/h1-3,12-13H,(H,9,14)(H,10,15). The molecule has 2 N–H and O–H groups in total. The minimum Gasteiger partial charge on any atom is -0.508 e. The average molecular weight is 241 g/mol. The van der Waals surface area contributed by atoms with Crippen LogP contribution in [0.15, 0.2) is 28.5 Å². The molecule has 0 saturated heterocycles. The lowest BCUT2D eigenvalue weighted by Crippen LogP contribution is -1.96. The first-order valence-electron chi connectivity index (χ1n) is 3.95. The molecule has 15 heavy (non-hydrogen) atoms. The molecule has 0 aliphatic carbocycles. The molecule has 0 atom stereocenters. The summed E-state index contributed by atoms with van der Waals surface area (Å²) in [6, 6.07) is 4.11. The number of phenols is 2. The van der Waals surface area contributed by atoms with Gasteiger partial charge in [0.05, 0.1) is 5.69 Å². The Labute approximate surface area is 96.2 Å². The van der Waals surface area contributed by atoms with Gasteiger partial charge in [0.2, 0.25) is 0 Å². The Hall–Kier alpha value is -1.34. The summed E-state index contributed by atoms with van der Waals surface area (Å²) < 4.78 is 1.40. The SMILES string of the molecule is Oc1ccc(O)c(-n2c(S)nnc2S)c1. The lowest BCUT2D eigenvalue weighted by molar-refractivity contribution is 0.455. The van der Waals surface area contributed by atoms with Crippen LogP contribution in [-0.2, 0) is 0 Å². The van der Waals surface area contributed by atoms with Gasteiger partial charge in [-0.2, -0.15) is 0 Å². The molecule has 0 unspecified atom stereocenters. The number of hydrogen-bond donors (Lipinski definition) is 4. The molecule has 78 valence electrons. The maximum Gasteiger partial charge on any atom is 0.193 e. The average Bonchev–Trinajstić information content (AvgIpc) is 2.51. The highest BCUT2D eigenvalue weighted by atomic mass is 32.1. The number of phenolic OH excluding ortho intramolecular Hbond substituents is 2. The molecule has 0 fully saturated rings. The Balaban J connectivity index is 2.68. The summed E-state index contributed by atoms with van der Waals surface area (Å²) in [5.41, 5.74) is 0.329. The van der Waals surface area contributed by atoms with Crippen LogP contribution in [0.25, 0.3) is 5.69 Å². The molecular formula is C8H7N3O2S2. The molecule has 0 saturated carbocycles. The lowest BCUT2D eigenvalue weighted by atomic mass is 10.3. The van der Waals surface area contributed by atoms with Gasteiger partial charge in [-0.3, -0.25) is 4.57 Å². The van der Waals surface area contributed by atoms with Crippen molar-refractivity contribution in [3.8, 4) is 17.2 Å². The van der Waals surface area contributed by atoms with E-state index in [0.717, 1.165) is 0 Å². The van der Waals surface area contributed by atoms with Crippen LogP contribution in [0.4, 0.5) is 0 Å². The number of nitrogens with zero attached hydrogens (tertiary/aromatic N) is 3. The fourth-order valence-electron chi connectivity index (χ4n) is 1.17. The number of rotatable bonds is 1. The van der Waals surface area contributed by atoms with E-state index >= 15 is 0 Å². The normalized spacial score (nSPS) is 10.5. The molecule has 0 bridgehead atoms. The van der Waals surface area contributed by atoms with E-state index in [4.69, 9.17) is 0 Å². The fraction of sp³-hybridized carbons (Fsp3) is 0. The number of aromatic hydroxyl groups is 2. The van der Waals surface area contributed by atoms with Crippen LogP contribution >= 0.6 is 25.3 Å². The third kappa shape index (κ3) is 1.75. The molecule has 7 heteroatoms. The molecule has 0 aliphatic rings. The van der Waals surface area contributed by atoms with Crippen molar-refractivity contribution in [3.05, 3.63) is 18.2 Å². The third-order valence-corrected chi connectivity index (χ3v) is 2.41. The molecular weight excluding hydrogens is 234 g/mol. The van der Waals surface area contributed by atoms with Crippen LogP contribution in [0.2, 0.25) is 0 Å². The molecule has 0 spiro atoms. The zero-order valence-corrected chi connectivity index (χ0v) is 9.15. The van der Waals surface area contributed by atoms with E-state index in [1.807, 2.05) is 0 Å². The molecule has 2 rings (SSSR count). The highest BCUT2D eigenvalue weighted by Gasteiger charge is 2.12. The van der Waals surface area contributed by atoms with Gasteiger partial charge >= 0.3 is 0 Å². The topological polar surface area (TPSA) is 71.2 Å². The molecule has 2 aromatic rings. The largest absolute Gasteiger partial charge is 0.508 e. The van der Waals surface area contributed by atoms with Crippen molar-refractivity contribution in [1.82, 2.24) is 14.8 Å². The number of thiol groups is 2. The summed E-state index contributed by atoms with van der Waals surface area (Å²) in [4.78, 5) is 0. The monoisotopic (exact) mass is 241 g/mol. The molecule has 0 amide bonds. The van der Waals surface area contributed by atoms with E-state index in [0.29, 0.717) is 5.69 Å². The molecule has 1 heterocycles. The summed E-state index contributed by atoms with van der Waals surface area (Å²) in [7, 11) is 0. The van der Waals surface area contributed by atoms with E-state index in [9.17, 15) is 10.2 Å². The Bertz CT molecular complexity index is 493. The van der Waals surface area contributed by atoms with Gasteiger partial charge in [-0.05, 0) is 12.1 Å². The van der Waals surface area contributed by atoms with Crippen molar-refractivity contribution in [2.45, 2.75) is 10.3 Å². The predicted molar refractivity (Wildman–Crippen MR) is 59.2 cm³/mol.